The number of nitrogens with one attached hydrogen (secondary N) is 2. The van der Waals surface area contributed by atoms with E-state index in [0.29, 0.717) is 10.2 Å². The van der Waals surface area contributed by atoms with Crippen molar-refractivity contribution in [3.8, 4) is 0 Å². The Morgan fingerprint density at radius 2 is 2.03 bits per heavy atom. The minimum absolute atomic E-state index is 0.0402. The minimum Gasteiger partial charge on any atom is -0.352 e. The number of carbonyl (C=O) groups is 2. The molecule has 1 saturated carbocycles. The number of amides is 2. The van der Waals surface area contributed by atoms with Gasteiger partial charge in [-0.05, 0) is 31.0 Å². The van der Waals surface area contributed by atoms with E-state index < -0.39 is 15.9 Å². The van der Waals surface area contributed by atoms with E-state index in [1.807, 2.05) is 0 Å². The van der Waals surface area contributed by atoms with Gasteiger partial charge >= 0.3 is 0 Å². The van der Waals surface area contributed by atoms with E-state index in [-0.39, 0.29) is 34.0 Å². The van der Waals surface area contributed by atoms with Crippen LogP contribution in [0.1, 0.15) is 36.0 Å². The second kappa shape index (κ2) is 9.77. The molecule has 168 valence electrons. The number of hydroxylamine groups is 1. The number of nitrogens with zero attached hydrogens (tertiary/aromatic N) is 3. The molecule has 2 aromatic rings. The fourth-order valence-electron chi connectivity index (χ4n) is 3.29. The molecule has 1 aromatic carbocycles. The number of aromatic nitrogens is 2. The highest BCUT2D eigenvalue weighted by atomic mass is 35.5. The first kappa shape index (κ1) is 23.2. The molecule has 1 fully saturated rings. The number of halogens is 1. The van der Waals surface area contributed by atoms with Crippen LogP contribution in [0, 0.1) is 0 Å². The predicted octanol–water partition coefficient (Wildman–Crippen LogP) is 2.03. The fraction of sp³-hybridized carbons (Fsp3) is 0.421. The lowest BCUT2D eigenvalue weighted by Crippen LogP contribution is -2.35. The Kier molecular flexibility index (Phi) is 7.31. The summed E-state index contributed by atoms with van der Waals surface area (Å²) in [6.45, 7) is 0.0407. The molecule has 0 unspecified atom stereocenters. The van der Waals surface area contributed by atoms with Crippen LogP contribution in [0.25, 0.3) is 0 Å². The Hall–Kier alpha value is -2.47. The van der Waals surface area contributed by atoms with Crippen LogP contribution in [-0.2, 0) is 26.2 Å². The van der Waals surface area contributed by atoms with Crippen LogP contribution in [0.15, 0.2) is 35.5 Å². The van der Waals surface area contributed by atoms with E-state index in [1.165, 1.54) is 49.4 Å². The Morgan fingerprint density at radius 3 is 2.71 bits per heavy atom. The lowest BCUT2D eigenvalue weighted by molar-refractivity contribution is -0.122. The van der Waals surface area contributed by atoms with Gasteiger partial charge in [-0.15, -0.1) is 0 Å². The summed E-state index contributed by atoms with van der Waals surface area (Å²) in [5.74, 6) is -0.689. The number of hydrogen-bond donors (Lipinski definition) is 2. The van der Waals surface area contributed by atoms with Crippen molar-refractivity contribution in [2.75, 3.05) is 19.5 Å². The number of anilines is 1. The maximum Gasteiger partial charge on any atom is 0.266 e. The number of carbonyl (C=O) groups excluding carboxylic acids is 2. The summed E-state index contributed by atoms with van der Waals surface area (Å²) in [4.78, 5) is 29.2. The van der Waals surface area contributed by atoms with Gasteiger partial charge in [0.2, 0.25) is 5.91 Å². The monoisotopic (exact) mass is 469 g/mol. The van der Waals surface area contributed by atoms with Crippen LogP contribution in [0.4, 0.5) is 5.69 Å². The van der Waals surface area contributed by atoms with Crippen LogP contribution in [-0.4, -0.2) is 54.7 Å². The first-order chi connectivity index (χ1) is 14.7. The van der Waals surface area contributed by atoms with Crippen molar-refractivity contribution in [3.63, 3.8) is 0 Å². The van der Waals surface area contributed by atoms with Crippen LogP contribution < -0.4 is 10.6 Å². The van der Waals surface area contributed by atoms with Crippen molar-refractivity contribution >= 4 is 39.1 Å². The summed E-state index contributed by atoms with van der Waals surface area (Å²) in [7, 11) is -1.61. The molecule has 0 aliphatic heterocycles. The Bertz CT molecular complexity index is 1070. The maximum absolute atomic E-state index is 12.6. The summed E-state index contributed by atoms with van der Waals surface area (Å²) < 4.78 is 27.0. The summed E-state index contributed by atoms with van der Waals surface area (Å²) >= 11 is 6.01. The van der Waals surface area contributed by atoms with Crippen molar-refractivity contribution < 1.29 is 22.8 Å². The normalized spacial score (nSPS) is 14.7. The molecule has 0 saturated heterocycles. The Labute approximate surface area is 185 Å². The van der Waals surface area contributed by atoms with Crippen LogP contribution in [0.5, 0.6) is 0 Å². The zero-order valence-corrected chi connectivity index (χ0v) is 18.7. The molecule has 1 aromatic heterocycles. The topological polar surface area (TPSA) is 123 Å². The van der Waals surface area contributed by atoms with E-state index in [9.17, 15) is 18.0 Å². The zero-order valence-electron chi connectivity index (χ0n) is 17.2. The standard InChI is InChI=1S/C19H24ClN5O5S/c1-24(30-2)31(28,29)17-9-13(7-8-16(17)20)19(27)23-15-10-21-25(11-15)12-18(26)22-14-5-3-4-6-14/h7-11,14H,3-6,12H2,1-2H3,(H,22,26)(H,23,27). The summed E-state index contributed by atoms with van der Waals surface area (Å²) in [6, 6.07) is 4.11. The van der Waals surface area contributed by atoms with Crippen molar-refractivity contribution in [3.05, 3.63) is 41.2 Å². The molecule has 12 heteroatoms. The molecular weight excluding hydrogens is 446 g/mol. The van der Waals surface area contributed by atoms with E-state index in [4.69, 9.17) is 16.4 Å². The third kappa shape index (κ3) is 5.62. The van der Waals surface area contributed by atoms with E-state index in [1.54, 1.807) is 0 Å². The molecule has 10 nitrogen and oxygen atoms in total. The molecule has 31 heavy (non-hydrogen) atoms. The van der Waals surface area contributed by atoms with E-state index >= 15 is 0 Å². The molecule has 1 aliphatic carbocycles. The van der Waals surface area contributed by atoms with Crippen LogP contribution in [0.2, 0.25) is 5.02 Å². The largest absolute Gasteiger partial charge is 0.352 e. The lowest BCUT2D eigenvalue weighted by Gasteiger charge is -2.15. The van der Waals surface area contributed by atoms with Crippen LogP contribution >= 0.6 is 11.6 Å². The number of sulfonamides is 1. The Balaban J connectivity index is 1.67. The molecule has 0 radical (unpaired) electrons. The molecule has 2 amide bonds. The number of benzene rings is 1. The summed E-state index contributed by atoms with van der Waals surface area (Å²) in [5.41, 5.74) is 0.450. The number of rotatable bonds is 8. The van der Waals surface area contributed by atoms with Gasteiger partial charge in [0.05, 0.1) is 24.0 Å². The molecule has 3 rings (SSSR count). The van der Waals surface area contributed by atoms with Crippen molar-refractivity contribution in [1.29, 1.82) is 0 Å². The zero-order chi connectivity index (χ0) is 22.6. The summed E-state index contributed by atoms with van der Waals surface area (Å²) in [5, 5.41) is 9.64. The average Bonchev–Trinajstić information content (AvgIpc) is 3.39. The smallest absolute Gasteiger partial charge is 0.266 e. The second-order valence-electron chi connectivity index (χ2n) is 7.17. The predicted molar refractivity (Wildman–Crippen MR) is 114 cm³/mol. The van der Waals surface area contributed by atoms with Crippen molar-refractivity contribution in [1.82, 2.24) is 19.6 Å². The minimum atomic E-state index is -4.03. The number of hydrogen-bond acceptors (Lipinski definition) is 6. The second-order valence-corrected chi connectivity index (χ2v) is 9.48. The van der Waals surface area contributed by atoms with Gasteiger partial charge in [-0.25, -0.2) is 8.42 Å². The van der Waals surface area contributed by atoms with Gasteiger partial charge in [0.1, 0.15) is 11.4 Å². The SMILES string of the molecule is CON(C)S(=O)(=O)c1cc(C(=O)Nc2cnn(CC(=O)NC3CCCC3)c2)ccc1Cl. The molecular formula is C19H24ClN5O5S. The van der Waals surface area contributed by atoms with Crippen molar-refractivity contribution in [2.24, 2.45) is 0 Å². The van der Waals surface area contributed by atoms with Crippen molar-refractivity contribution in [2.45, 2.75) is 43.2 Å². The molecule has 0 bridgehead atoms. The lowest BCUT2D eigenvalue weighted by atomic mass is 10.2. The average molecular weight is 470 g/mol. The third-order valence-corrected chi connectivity index (χ3v) is 7.15. The highest BCUT2D eigenvalue weighted by Gasteiger charge is 2.25. The van der Waals surface area contributed by atoms with Gasteiger partial charge in [0.25, 0.3) is 15.9 Å². The first-order valence-electron chi connectivity index (χ1n) is 9.66. The van der Waals surface area contributed by atoms with Gasteiger partial charge in [-0.1, -0.05) is 28.9 Å². The highest BCUT2D eigenvalue weighted by Crippen LogP contribution is 2.26. The quantitative estimate of drug-likeness (QED) is 0.570. The van der Waals surface area contributed by atoms with E-state index in [2.05, 4.69) is 15.7 Å². The van der Waals surface area contributed by atoms with Crippen LogP contribution in [0.3, 0.4) is 0 Å². The fourth-order valence-corrected chi connectivity index (χ4v) is 4.76. The highest BCUT2D eigenvalue weighted by molar-refractivity contribution is 7.89. The van der Waals surface area contributed by atoms with Gasteiger partial charge < -0.3 is 10.6 Å². The van der Waals surface area contributed by atoms with Gasteiger partial charge in [-0.3, -0.25) is 19.1 Å². The Morgan fingerprint density at radius 1 is 1.32 bits per heavy atom. The molecule has 1 heterocycles. The molecule has 1 aliphatic rings. The molecule has 2 N–H and O–H groups in total. The van der Waals surface area contributed by atoms with Gasteiger partial charge in [0, 0.05) is 24.8 Å². The molecule has 0 spiro atoms. The maximum atomic E-state index is 12.6. The molecule has 0 atom stereocenters. The van der Waals surface area contributed by atoms with Gasteiger partial charge in [0.15, 0.2) is 0 Å². The third-order valence-electron chi connectivity index (χ3n) is 4.98. The van der Waals surface area contributed by atoms with Gasteiger partial charge in [-0.2, -0.15) is 5.10 Å². The first-order valence-corrected chi connectivity index (χ1v) is 11.5. The summed E-state index contributed by atoms with van der Waals surface area (Å²) in [6.07, 6.45) is 7.17. The van der Waals surface area contributed by atoms with E-state index in [0.717, 1.165) is 25.7 Å².